The Kier molecular flexibility index (Phi) is 3.94. The van der Waals surface area contributed by atoms with Gasteiger partial charge in [-0.05, 0) is 18.4 Å². The molecule has 0 saturated carbocycles. The number of benzene rings is 2. The van der Waals surface area contributed by atoms with E-state index in [1.54, 1.807) is 24.3 Å². The van der Waals surface area contributed by atoms with Crippen molar-refractivity contribution in [3.8, 4) is 0 Å². The van der Waals surface area contributed by atoms with Crippen molar-refractivity contribution in [2.24, 2.45) is 0 Å². The number of thioether (sulfide) groups is 1. The zero-order chi connectivity index (χ0) is 13.1. The number of halogens is 1. The number of hydrogen-bond donors (Lipinski definition) is 1. The highest BCUT2D eigenvalue weighted by Gasteiger charge is 2.15. The molecule has 92 valence electrons. The van der Waals surface area contributed by atoms with Crippen molar-refractivity contribution in [2.45, 2.75) is 4.90 Å². The summed E-state index contributed by atoms with van der Waals surface area (Å²) >= 11 is 7.49. The van der Waals surface area contributed by atoms with Crippen molar-refractivity contribution in [3.63, 3.8) is 0 Å². The molecule has 0 spiro atoms. The van der Waals surface area contributed by atoms with Gasteiger partial charge in [0.15, 0.2) is 5.78 Å². The van der Waals surface area contributed by atoms with Crippen LogP contribution in [0.3, 0.4) is 0 Å². The summed E-state index contributed by atoms with van der Waals surface area (Å²) in [7, 11) is 0. The molecule has 2 aromatic carbocycles. The SMILES string of the molecule is CSc1cc(Cl)cc(C(=O)c2ccccc2)c1N. The lowest BCUT2D eigenvalue weighted by molar-refractivity contribution is 0.103. The lowest BCUT2D eigenvalue weighted by Crippen LogP contribution is -2.06. The van der Waals surface area contributed by atoms with Crippen molar-refractivity contribution in [3.05, 3.63) is 58.6 Å². The van der Waals surface area contributed by atoms with Crippen molar-refractivity contribution in [2.75, 3.05) is 12.0 Å². The minimum Gasteiger partial charge on any atom is -0.397 e. The average molecular weight is 278 g/mol. The normalized spacial score (nSPS) is 10.3. The van der Waals surface area contributed by atoms with Gasteiger partial charge in [-0.25, -0.2) is 0 Å². The summed E-state index contributed by atoms with van der Waals surface area (Å²) in [5.74, 6) is -0.106. The molecule has 0 saturated heterocycles. The molecule has 0 bridgehead atoms. The first-order chi connectivity index (χ1) is 8.63. The van der Waals surface area contributed by atoms with Gasteiger partial charge in [-0.3, -0.25) is 4.79 Å². The summed E-state index contributed by atoms with van der Waals surface area (Å²) < 4.78 is 0. The Morgan fingerprint density at radius 2 is 1.89 bits per heavy atom. The summed E-state index contributed by atoms with van der Waals surface area (Å²) in [6, 6.07) is 12.4. The minimum atomic E-state index is -0.106. The van der Waals surface area contributed by atoms with Crippen molar-refractivity contribution >= 4 is 34.8 Å². The zero-order valence-electron chi connectivity index (χ0n) is 9.81. The molecule has 2 N–H and O–H groups in total. The summed E-state index contributed by atoms with van der Waals surface area (Å²) in [5, 5.41) is 0.521. The molecule has 2 nitrogen and oxygen atoms in total. The number of carbonyl (C=O) groups is 1. The van der Waals surface area contributed by atoms with Crippen LogP contribution >= 0.6 is 23.4 Å². The van der Waals surface area contributed by atoms with Crippen molar-refractivity contribution in [1.29, 1.82) is 0 Å². The first kappa shape index (κ1) is 13.0. The smallest absolute Gasteiger partial charge is 0.195 e. The molecule has 2 aromatic rings. The molecule has 0 aliphatic heterocycles. The maximum absolute atomic E-state index is 12.3. The molecule has 0 aliphatic rings. The fraction of sp³-hybridized carbons (Fsp3) is 0.0714. The van der Waals surface area contributed by atoms with Gasteiger partial charge in [-0.15, -0.1) is 11.8 Å². The van der Waals surface area contributed by atoms with E-state index in [1.165, 1.54) is 11.8 Å². The Morgan fingerprint density at radius 3 is 2.50 bits per heavy atom. The molecule has 0 unspecified atom stereocenters. The van der Waals surface area contributed by atoms with Crippen LogP contribution in [0.25, 0.3) is 0 Å². The van der Waals surface area contributed by atoms with E-state index >= 15 is 0 Å². The van der Waals surface area contributed by atoms with E-state index in [-0.39, 0.29) is 5.78 Å². The number of anilines is 1. The molecule has 0 amide bonds. The number of hydrogen-bond acceptors (Lipinski definition) is 3. The molecule has 0 atom stereocenters. The third-order valence-electron chi connectivity index (χ3n) is 2.61. The Bertz CT molecular complexity index is 584. The predicted molar refractivity (Wildman–Crippen MR) is 77.5 cm³/mol. The van der Waals surface area contributed by atoms with E-state index in [0.717, 1.165) is 4.90 Å². The van der Waals surface area contributed by atoms with Gasteiger partial charge in [0.05, 0.1) is 5.69 Å². The van der Waals surface area contributed by atoms with Crippen LogP contribution in [-0.4, -0.2) is 12.0 Å². The van der Waals surface area contributed by atoms with Crippen LogP contribution in [0.15, 0.2) is 47.4 Å². The quantitative estimate of drug-likeness (QED) is 0.526. The lowest BCUT2D eigenvalue weighted by Gasteiger charge is -2.09. The molecule has 4 heteroatoms. The first-order valence-corrected chi connectivity index (χ1v) is 6.96. The Balaban J connectivity index is 2.52. The number of nitrogen functional groups attached to an aromatic ring is 1. The zero-order valence-corrected chi connectivity index (χ0v) is 11.4. The first-order valence-electron chi connectivity index (χ1n) is 5.36. The molecular formula is C14H12ClNOS. The van der Waals surface area contributed by atoms with Gasteiger partial charge in [0.2, 0.25) is 0 Å². The molecule has 18 heavy (non-hydrogen) atoms. The second-order valence-electron chi connectivity index (χ2n) is 3.76. The highest BCUT2D eigenvalue weighted by Crippen LogP contribution is 2.31. The number of nitrogens with two attached hydrogens (primary N) is 1. The Hall–Kier alpha value is -1.45. The number of rotatable bonds is 3. The minimum absolute atomic E-state index is 0.106. The fourth-order valence-corrected chi connectivity index (χ4v) is 2.55. The van der Waals surface area contributed by atoms with Crippen LogP contribution in [0.1, 0.15) is 15.9 Å². The maximum Gasteiger partial charge on any atom is 0.195 e. The Labute approximate surface area is 115 Å². The van der Waals surface area contributed by atoms with Gasteiger partial charge >= 0.3 is 0 Å². The second-order valence-corrected chi connectivity index (χ2v) is 5.05. The highest BCUT2D eigenvalue weighted by atomic mass is 35.5. The van der Waals surface area contributed by atoms with Gasteiger partial charge in [0.1, 0.15) is 0 Å². The summed E-state index contributed by atoms with van der Waals surface area (Å²) in [6.45, 7) is 0. The van der Waals surface area contributed by atoms with E-state index in [9.17, 15) is 4.79 Å². The molecule has 2 rings (SSSR count). The summed E-state index contributed by atoms with van der Waals surface area (Å²) in [5.41, 5.74) is 7.55. The Morgan fingerprint density at radius 1 is 1.22 bits per heavy atom. The standard InChI is InChI=1S/C14H12ClNOS/c1-18-12-8-10(15)7-11(13(12)16)14(17)9-5-3-2-4-6-9/h2-8H,16H2,1H3. The molecule has 0 heterocycles. The number of carbonyl (C=O) groups excluding carboxylic acids is 1. The molecule has 0 aliphatic carbocycles. The second kappa shape index (κ2) is 5.46. The van der Waals surface area contributed by atoms with Gasteiger partial charge in [-0.2, -0.15) is 0 Å². The predicted octanol–water partition coefficient (Wildman–Crippen LogP) is 3.88. The largest absolute Gasteiger partial charge is 0.397 e. The maximum atomic E-state index is 12.3. The third-order valence-corrected chi connectivity index (χ3v) is 3.60. The van der Waals surface area contributed by atoms with Gasteiger partial charge in [0, 0.05) is 21.0 Å². The lowest BCUT2D eigenvalue weighted by atomic mass is 10.0. The third kappa shape index (κ3) is 2.52. The van der Waals surface area contributed by atoms with Crippen LogP contribution in [-0.2, 0) is 0 Å². The van der Waals surface area contributed by atoms with Crippen LogP contribution in [0.4, 0.5) is 5.69 Å². The van der Waals surface area contributed by atoms with Crippen LogP contribution < -0.4 is 5.73 Å². The van der Waals surface area contributed by atoms with Gasteiger partial charge < -0.3 is 5.73 Å². The van der Waals surface area contributed by atoms with Crippen LogP contribution in [0.5, 0.6) is 0 Å². The van der Waals surface area contributed by atoms with Crippen molar-refractivity contribution < 1.29 is 4.79 Å². The molecular weight excluding hydrogens is 266 g/mol. The number of ketones is 1. The van der Waals surface area contributed by atoms with E-state index in [2.05, 4.69) is 0 Å². The van der Waals surface area contributed by atoms with E-state index in [4.69, 9.17) is 17.3 Å². The van der Waals surface area contributed by atoms with E-state index in [0.29, 0.717) is 21.8 Å². The summed E-state index contributed by atoms with van der Waals surface area (Å²) in [4.78, 5) is 13.2. The topological polar surface area (TPSA) is 43.1 Å². The fourth-order valence-electron chi connectivity index (χ4n) is 1.69. The van der Waals surface area contributed by atoms with Crippen molar-refractivity contribution in [1.82, 2.24) is 0 Å². The van der Waals surface area contributed by atoms with Crippen LogP contribution in [0, 0.1) is 0 Å². The highest BCUT2D eigenvalue weighted by molar-refractivity contribution is 7.98. The monoisotopic (exact) mass is 277 g/mol. The van der Waals surface area contributed by atoms with Crippen LogP contribution in [0.2, 0.25) is 5.02 Å². The van der Waals surface area contributed by atoms with Gasteiger partial charge in [-0.1, -0.05) is 41.9 Å². The van der Waals surface area contributed by atoms with Gasteiger partial charge in [0.25, 0.3) is 0 Å². The van der Waals surface area contributed by atoms with E-state index in [1.807, 2.05) is 24.5 Å². The molecule has 0 fully saturated rings. The average Bonchev–Trinajstić information content (AvgIpc) is 2.41. The molecule has 0 radical (unpaired) electrons. The summed E-state index contributed by atoms with van der Waals surface area (Å²) in [6.07, 6.45) is 1.90. The van der Waals surface area contributed by atoms with E-state index < -0.39 is 0 Å². The molecule has 0 aromatic heterocycles.